The van der Waals surface area contributed by atoms with Gasteiger partial charge < -0.3 is 10.6 Å². The molecule has 1 aliphatic carbocycles. The predicted molar refractivity (Wildman–Crippen MR) is 66.9 cm³/mol. The minimum Gasteiger partial charge on any atom is -0.341 e. The number of nitrogens with one attached hydrogen (secondary N) is 2. The normalized spacial score (nSPS) is 22.3. The Balaban J connectivity index is 2.24. The van der Waals surface area contributed by atoms with Crippen LogP contribution in [0.1, 0.15) is 43.2 Å². The molecular weight excluding hydrogens is 220 g/mol. The number of fused-ring (bicyclic) bond motifs is 1. The Bertz CT molecular complexity index is 397. The maximum Gasteiger partial charge on any atom is 0.315 e. The van der Waals surface area contributed by atoms with E-state index in [1.807, 2.05) is 0 Å². The fourth-order valence-electron chi connectivity index (χ4n) is 2.30. The maximum atomic E-state index is 11.4. The Kier molecular flexibility index (Phi) is 2.93. The van der Waals surface area contributed by atoms with Crippen molar-refractivity contribution in [1.29, 1.82) is 0 Å². The monoisotopic (exact) mass is 238 g/mol. The Hall–Kier alpha value is -1.03. The molecule has 0 saturated heterocycles. The summed E-state index contributed by atoms with van der Waals surface area (Å²) in [6.45, 7) is 4.55. The third kappa shape index (κ3) is 1.94. The number of amides is 2. The SMILES string of the molecule is CNC(=O)NC1CCC(C)(C)c2sccc21. The van der Waals surface area contributed by atoms with Gasteiger partial charge in [-0.25, -0.2) is 4.79 Å². The molecular formula is C12H18N2OS. The molecule has 3 nitrogen and oxygen atoms in total. The van der Waals surface area contributed by atoms with Crippen molar-refractivity contribution in [3.8, 4) is 0 Å². The number of hydrogen-bond donors (Lipinski definition) is 2. The summed E-state index contributed by atoms with van der Waals surface area (Å²) in [4.78, 5) is 12.8. The highest BCUT2D eigenvalue weighted by molar-refractivity contribution is 7.10. The Morgan fingerprint density at radius 3 is 3.00 bits per heavy atom. The number of carbonyl (C=O) groups excluding carboxylic acids is 1. The third-order valence-electron chi connectivity index (χ3n) is 3.28. The van der Waals surface area contributed by atoms with Crippen molar-refractivity contribution >= 4 is 17.4 Å². The molecule has 1 unspecified atom stereocenters. The second kappa shape index (κ2) is 4.09. The zero-order valence-electron chi connectivity index (χ0n) is 9.96. The van der Waals surface area contributed by atoms with Crippen LogP contribution in [-0.2, 0) is 5.41 Å². The first-order valence-corrected chi connectivity index (χ1v) is 6.48. The van der Waals surface area contributed by atoms with Crippen LogP contribution in [0.3, 0.4) is 0 Å². The van der Waals surface area contributed by atoms with Crippen molar-refractivity contribution < 1.29 is 4.79 Å². The van der Waals surface area contributed by atoms with Gasteiger partial charge in [0.1, 0.15) is 0 Å². The van der Waals surface area contributed by atoms with Crippen LogP contribution in [0.5, 0.6) is 0 Å². The first kappa shape index (κ1) is 11.5. The van der Waals surface area contributed by atoms with E-state index in [4.69, 9.17) is 0 Å². The average Bonchev–Trinajstić information content (AvgIpc) is 2.72. The van der Waals surface area contributed by atoms with E-state index in [2.05, 4.69) is 35.9 Å². The summed E-state index contributed by atoms with van der Waals surface area (Å²) >= 11 is 1.80. The number of thiophene rings is 1. The Morgan fingerprint density at radius 2 is 2.31 bits per heavy atom. The highest BCUT2D eigenvalue weighted by Crippen LogP contribution is 2.44. The van der Waals surface area contributed by atoms with E-state index < -0.39 is 0 Å². The van der Waals surface area contributed by atoms with Crippen molar-refractivity contribution in [3.05, 3.63) is 21.9 Å². The molecule has 0 aromatic carbocycles. The number of hydrogen-bond acceptors (Lipinski definition) is 2. The fraction of sp³-hybridized carbons (Fsp3) is 0.583. The molecule has 1 aliphatic rings. The van der Waals surface area contributed by atoms with Crippen molar-refractivity contribution in [2.24, 2.45) is 0 Å². The van der Waals surface area contributed by atoms with E-state index >= 15 is 0 Å². The minimum absolute atomic E-state index is 0.0955. The van der Waals surface area contributed by atoms with E-state index in [9.17, 15) is 4.79 Å². The van der Waals surface area contributed by atoms with Gasteiger partial charge in [-0.3, -0.25) is 0 Å². The van der Waals surface area contributed by atoms with Gasteiger partial charge >= 0.3 is 6.03 Å². The summed E-state index contributed by atoms with van der Waals surface area (Å²) < 4.78 is 0. The number of carbonyl (C=O) groups is 1. The molecule has 0 radical (unpaired) electrons. The van der Waals surface area contributed by atoms with E-state index in [-0.39, 0.29) is 17.5 Å². The number of urea groups is 1. The first-order valence-electron chi connectivity index (χ1n) is 5.61. The fourth-order valence-corrected chi connectivity index (χ4v) is 3.42. The summed E-state index contributed by atoms with van der Waals surface area (Å²) in [7, 11) is 1.65. The molecule has 1 aromatic rings. The molecule has 2 amide bonds. The van der Waals surface area contributed by atoms with Gasteiger partial charge in [-0.05, 0) is 35.3 Å². The largest absolute Gasteiger partial charge is 0.341 e. The second-order valence-corrected chi connectivity index (χ2v) is 5.82. The molecule has 2 N–H and O–H groups in total. The molecule has 1 heterocycles. The quantitative estimate of drug-likeness (QED) is 0.776. The molecule has 16 heavy (non-hydrogen) atoms. The maximum absolute atomic E-state index is 11.4. The standard InChI is InChI=1S/C12H18N2OS/c1-12(2)6-4-9(14-11(15)13-3)8-5-7-16-10(8)12/h5,7,9H,4,6H2,1-3H3,(H2,13,14,15). The zero-order valence-corrected chi connectivity index (χ0v) is 10.8. The van der Waals surface area contributed by atoms with Gasteiger partial charge in [0.2, 0.25) is 0 Å². The van der Waals surface area contributed by atoms with E-state index in [0.29, 0.717) is 0 Å². The third-order valence-corrected chi connectivity index (χ3v) is 4.57. The number of rotatable bonds is 1. The Morgan fingerprint density at radius 1 is 1.56 bits per heavy atom. The highest BCUT2D eigenvalue weighted by atomic mass is 32.1. The molecule has 0 aliphatic heterocycles. The molecule has 0 saturated carbocycles. The molecule has 1 atom stereocenters. The summed E-state index contributed by atoms with van der Waals surface area (Å²) in [5.74, 6) is 0. The molecule has 0 bridgehead atoms. The Labute approximate surface area is 100 Å². The van der Waals surface area contributed by atoms with Gasteiger partial charge in [0, 0.05) is 11.9 Å². The van der Waals surface area contributed by atoms with E-state index in [0.717, 1.165) is 12.8 Å². The lowest BCUT2D eigenvalue weighted by Gasteiger charge is -2.34. The van der Waals surface area contributed by atoms with Crippen LogP contribution < -0.4 is 10.6 Å². The molecule has 88 valence electrons. The highest BCUT2D eigenvalue weighted by Gasteiger charge is 2.34. The zero-order chi connectivity index (χ0) is 11.8. The van der Waals surface area contributed by atoms with Crippen LogP contribution >= 0.6 is 11.3 Å². The van der Waals surface area contributed by atoms with Crippen molar-refractivity contribution in [1.82, 2.24) is 10.6 Å². The van der Waals surface area contributed by atoms with Gasteiger partial charge in [0.05, 0.1) is 6.04 Å². The summed E-state index contributed by atoms with van der Waals surface area (Å²) in [6.07, 6.45) is 2.14. The van der Waals surface area contributed by atoms with Crippen LogP contribution in [-0.4, -0.2) is 13.1 Å². The lowest BCUT2D eigenvalue weighted by Crippen LogP contribution is -2.39. The smallest absolute Gasteiger partial charge is 0.315 e. The van der Waals surface area contributed by atoms with Crippen LogP contribution in [0.25, 0.3) is 0 Å². The average molecular weight is 238 g/mol. The van der Waals surface area contributed by atoms with Crippen LogP contribution in [0, 0.1) is 0 Å². The first-order chi connectivity index (χ1) is 7.54. The van der Waals surface area contributed by atoms with Crippen molar-refractivity contribution in [2.45, 2.75) is 38.1 Å². The lowest BCUT2D eigenvalue weighted by molar-refractivity contribution is 0.235. The lowest BCUT2D eigenvalue weighted by atomic mass is 9.76. The van der Waals surface area contributed by atoms with E-state index in [1.165, 1.54) is 10.4 Å². The van der Waals surface area contributed by atoms with Gasteiger partial charge in [-0.2, -0.15) is 0 Å². The van der Waals surface area contributed by atoms with Crippen molar-refractivity contribution in [3.63, 3.8) is 0 Å². The molecule has 1 aromatic heterocycles. The summed E-state index contributed by atoms with van der Waals surface area (Å²) in [5, 5.41) is 7.74. The van der Waals surface area contributed by atoms with Gasteiger partial charge in [0.15, 0.2) is 0 Å². The molecule has 2 rings (SSSR count). The van der Waals surface area contributed by atoms with Gasteiger partial charge in [-0.1, -0.05) is 13.8 Å². The molecule has 4 heteroatoms. The van der Waals surface area contributed by atoms with Crippen LogP contribution in [0.15, 0.2) is 11.4 Å². The topological polar surface area (TPSA) is 41.1 Å². The van der Waals surface area contributed by atoms with E-state index in [1.54, 1.807) is 18.4 Å². The van der Waals surface area contributed by atoms with Gasteiger partial charge in [0.25, 0.3) is 0 Å². The summed E-state index contributed by atoms with van der Waals surface area (Å²) in [5.41, 5.74) is 1.55. The van der Waals surface area contributed by atoms with Crippen LogP contribution in [0.4, 0.5) is 4.79 Å². The summed E-state index contributed by atoms with van der Waals surface area (Å²) in [6, 6.07) is 2.22. The second-order valence-electron chi connectivity index (χ2n) is 4.90. The minimum atomic E-state index is -0.0955. The predicted octanol–water partition coefficient (Wildman–Crippen LogP) is 2.79. The van der Waals surface area contributed by atoms with Gasteiger partial charge in [-0.15, -0.1) is 11.3 Å². The van der Waals surface area contributed by atoms with Crippen molar-refractivity contribution in [2.75, 3.05) is 7.05 Å². The molecule has 0 fully saturated rings. The van der Waals surface area contributed by atoms with Crippen LogP contribution in [0.2, 0.25) is 0 Å². The molecule has 0 spiro atoms.